The van der Waals surface area contributed by atoms with Gasteiger partial charge in [0, 0.05) is 0 Å². The summed E-state index contributed by atoms with van der Waals surface area (Å²) < 4.78 is 23.9. The Labute approximate surface area is 95.7 Å². The van der Waals surface area contributed by atoms with Crippen LogP contribution in [-0.4, -0.2) is 10.2 Å². The van der Waals surface area contributed by atoms with Gasteiger partial charge in [0.2, 0.25) is 0 Å². The third kappa shape index (κ3) is 1.71. The molecule has 0 aliphatic heterocycles. The van der Waals surface area contributed by atoms with E-state index in [1.54, 1.807) is 30.3 Å². The number of hydrogen-bond donors (Lipinski definition) is 0. The fourth-order valence-electron chi connectivity index (χ4n) is 1.47. The summed E-state index contributed by atoms with van der Waals surface area (Å²) in [7, 11) is 0. The van der Waals surface area contributed by atoms with Gasteiger partial charge in [0.05, 0.1) is 11.8 Å². The van der Waals surface area contributed by atoms with E-state index in [0.29, 0.717) is 5.76 Å². The smallest absolute Gasteiger partial charge is 0.283 e. The third-order valence-corrected chi connectivity index (χ3v) is 2.26. The van der Waals surface area contributed by atoms with Crippen molar-refractivity contribution in [3.8, 4) is 23.1 Å². The topological polar surface area (TPSA) is 52.1 Å². The van der Waals surface area contributed by atoms with Crippen LogP contribution in [0.5, 0.6) is 0 Å². The largest absolute Gasteiger partial charge is 0.459 e. The molecule has 0 spiro atoms. The number of nitrogens with zero attached hydrogens (tertiary/aromatic N) is 2. The molecule has 3 aromatic rings. The molecule has 0 amide bonds. The summed E-state index contributed by atoms with van der Waals surface area (Å²) >= 11 is 0. The molecule has 1 aromatic carbocycles. The van der Waals surface area contributed by atoms with Gasteiger partial charge in [0.15, 0.2) is 5.76 Å². The molecule has 0 saturated heterocycles. The van der Waals surface area contributed by atoms with E-state index in [1.807, 2.05) is 0 Å². The van der Waals surface area contributed by atoms with Gasteiger partial charge in [-0.15, -0.1) is 10.2 Å². The molecule has 0 aliphatic rings. The molecule has 2 aromatic heterocycles. The van der Waals surface area contributed by atoms with Crippen molar-refractivity contribution in [1.82, 2.24) is 10.2 Å². The van der Waals surface area contributed by atoms with Gasteiger partial charge in [-0.1, -0.05) is 12.1 Å². The highest BCUT2D eigenvalue weighted by atomic mass is 19.1. The summed E-state index contributed by atoms with van der Waals surface area (Å²) in [4.78, 5) is 0. The maximum Gasteiger partial charge on any atom is 0.283 e. The van der Waals surface area contributed by atoms with Crippen molar-refractivity contribution >= 4 is 0 Å². The molecule has 0 unspecified atom stereocenters. The van der Waals surface area contributed by atoms with Crippen molar-refractivity contribution in [2.24, 2.45) is 0 Å². The molecule has 5 heteroatoms. The number of furan rings is 1. The highest BCUT2D eigenvalue weighted by Crippen LogP contribution is 2.25. The predicted octanol–water partition coefficient (Wildman–Crippen LogP) is 3.14. The Balaban J connectivity index is 2.04. The van der Waals surface area contributed by atoms with E-state index in [4.69, 9.17) is 8.83 Å². The summed E-state index contributed by atoms with van der Waals surface area (Å²) in [5.74, 6) is 0.421. The van der Waals surface area contributed by atoms with E-state index >= 15 is 0 Å². The second-order valence-corrected chi connectivity index (χ2v) is 3.37. The Morgan fingerprint density at radius 1 is 0.941 bits per heavy atom. The van der Waals surface area contributed by atoms with Gasteiger partial charge < -0.3 is 8.83 Å². The number of aromatic nitrogens is 2. The fraction of sp³-hybridized carbons (Fsp3) is 0. The van der Waals surface area contributed by atoms with E-state index < -0.39 is 5.82 Å². The lowest BCUT2D eigenvalue weighted by Gasteiger charge is -1.95. The lowest BCUT2D eigenvalue weighted by molar-refractivity contribution is 0.520. The number of benzene rings is 1. The molecule has 3 rings (SSSR count). The zero-order chi connectivity index (χ0) is 11.7. The average Bonchev–Trinajstić information content (AvgIpc) is 3.00. The first-order chi connectivity index (χ1) is 8.34. The van der Waals surface area contributed by atoms with Gasteiger partial charge >= 0.3 is 0 Å². The van der Waals surface area contributed by atoms with Gasteiger partial charge in [0.25, 0.3) is 11.8 Å². The summed E-state index contributed by atoms with van der Waals surface area (Å²) in [6.45, 7) is 0. The minimum absolute atomic E-state index is 0.134. The maximum atomic E-state index is 13.5. The first-order valence-electron chi connectivity index (χ1n) is 4.97. The molecule has 84 valence electrons. The number of rotatable bonds is 2. The van der Waals surface area contributed by atoms with Gasteiger partial charge in [-0.3, -0.25) is 0 Å². The summed E-state index contributed by atoms with van der Waals surface area (Å²) in [5.41, 5.74) is 0.276. The third-order valence-electron chi connectivity index (χ3n) is 2.26. The van der Waals surface area contributed by atoms with Crippen LogP contribution in [0.2, 0.25) is 0 Å². The number of halogens is 1. The van der Waals surface area contributed by atoms with E-state index in [-0.39, 0.29) is 17.3 Å². The summed E-state index contributed by atoms with van der Waals surface area (Å²) in [6, 6.07) is 9.62. The van der Waals surface area contributed by atoms with Gasteiger partial charge in [-0.05, 0) is 24.3 Å². The van der Waals surface area contributed by atoms with Crippen molar-refractivity contribution in [3.05, 3.63) is 48.5 Å². The van der Waals surface area contributed by atoms with Crippen LogP contribution in [0.1, 0.15) is 0 Å². The van der Waals surface area contributed by atoms with Crippen LogP contribution in [0.25, 0.3) is 23.1 Å². The number of hydrogen-bond acceptors (Lipinski definition) is 4. The van der Waals surface area contributed by atoms with Crippen molar-refractivity contribution < 1.29 is 13.2 Å². The molecular formula is C12H7FN2O2. The second-order valence-electron chi connectivity index (χ2n) is 3.37. The Morgan fingerprint density at radius 3 is 2.53 bits per heavy atom. The monoisotopic (exact) mass is 230 g/mol. The molecule has 2 heterocycles. The van der Waals surface area contributed by atoms with Gasteiger partial charge in [-0.25, -0.2) is 4.39 Å². The normalized spacial score (nSPS) is 10.6. The van der Waals surface area contributed by atoms with E-state index in [1.165, 1.54) is 12.3 Å². The minimum Gasteiger partial charge on any atom is -0.459 e. The molecule has 17 heavy (non-hydrogen) atoms. The van der Waals surface area contributed by atoms with Crippen molar-refractivity contribution in [2.75, 3.05) is 0 Å². The van der Waals surface area contributed by atoms with Crippen LogP contribution >= 0.6 is 0 Å². The summed E-state index contributed by atoms with van der Waals surface area (Å²) in [6.07, 6.45) is 1.50. The molecular weight excluding hydrogens is 223 g/mol. The SMILES string of the molecule is Fc1ccccc1-c1nnc(-c2ccco2)o1. The van der Waals surface area contributed by atoms with Crippen LogP contribution in [0.3, 0.4) is 0 Å². The molecule has 0 atom stereocenters. The maximum absolute atomic E-state index is 13.5. The van der Waals surface area contributed by atoms with E-state index in [2.05, 4.69) is 10.2 Å². The van der Waals surface area contributed by atoms with Crippen molar-refractivity contribution in [3.63, 3.8) is 0 Å². The van der Waals surface area contributed by atoms with Gasteiger partial charge in [-0.2, -0.15) is 0 Å². The van der Waals surface area contributed by atoms with Gasteiger partial charge in [0.1, 0.15) is 5.82 Å². The minimum atomic E-state index is -0.401. The highest BCUT2D eigenvalue weighted by molar-refractivity contribution is 5.55. The molecule has 0 radical (unpaired) electrons. The van der Waals surface area contributed by atoms with Crippen molar-refractivity contribution in [1.29, 1.82) is 0 Å². The Morgan fingerprint density at radius 2 is 1.76 bits per heavy atom. The lowest BCUT2D eigenvalue weighted by Crippen LogP contribution is -1.82. The van der Waals surface area contributed by atoms with Crippen LogP contribution in [0.15, 0.2) is 51.5 Å². The Hall–Kier alpha value is -2.43. The van der Waals surface area contributed by atoms with E-state index in [9.17, 15) is 4.39 Å². The van der Waals surface area contributed by atoms with Crippen LogP contribution in [0.4, 0.5) is 4.39 Å². The standard InChI is InChI=1S/C12H7FN2O2/c13-9-5-2-1-4-8(9)11-14-15-12(17-11)10-6-3-7-16-10/h1-7H. The van der Waals surface area contributed by atoms with Crippen molar-refractivity contribution in [2.45, 2.75) is 0 Å². The second kappa shape index (κ2) is 3.86. The van der Waals surface area contributed by atoms with Crippen LogP contribution in [0, 0.1) is 5.82 Å². The Bertz CT molecular complexity index is 632. The molecule has 0 aliphatic carbocycles. The average molecular weight is 230 g/mol. The molecule has 0 fully saturated rings. The zero-order valence-corrected chi connectivity index (χ0v) is 8.63. The highest BCUT2D eigenvalue weighted by Gasteiger charge is 2.14. The summed E-state index contributed by atoms with van der Waals surface area (Å²) in [5, 5.41) is 7.59. The quantitative estimate of drug-likeness (QED) is 0.678. The molecule has 4 nitrogen and oxygen atoms in total. The molecule has 0 bridgehead atoms. The first-order valence-corrected chi connectivity index (χ1v) is 4.97. The van der Waals surface area contributed by atoms with Crippen LogP contribution in [-0.2, 0) is 0 Å². The molecule has 0 saturated carbocycles. The van der Waals surface area contributed by atoms with E-state index in [0.717, 1.165) is 0 Å². The zero-order valence-electron chi connectivity index (χ0n) is 8.63. The molecule has 0 N–H and O–H groups in total. The Kier molecular flexibility index (Phi) is 2.22. The fourth-order valence-corrected chi connectivity index (χ4v) is 1.47. The lowest BCUT2D eigenvalue weighted by atomic mass is 10.2. The van der Waals surface area contributed by atoms with Crippen LogP contribution < -0.4 is 0 Å². The predicted molar refractivity (Wildman–Crippen MR) is 57.4 cm³/mol. The first kappa shape index (κ1) is 9.77.